The van der Waals surface area contributed by atoms with E-state index in [2.05, 4.69) is 31.9 Å². The van der Waals surface area contributed by atoms with Crippen molar-refractivity contribution in [2.75, 3.05) is 48.9 Å². The molecule has 2 aliphatic heterocycles. The lowest BCUT2D eigenvalue weighted by molar-refractivity contribution is 0.148. The maximum absolute atomic E-state index is 4.47. The summed E-state index contributed by atoms with van der Waals surface area (Å²) in [6.07, 6.45) is 8.67. The van der Waals surface area contributed by atoms with Crippen LogP contribution in [0.15, 0.2) is 12.4 Å². The minimum absolute atomic E-state index is 0.518. The second kappa shape index (κ2) is 7.51. The highest BCUT2D eigenvalue weighted by Crippen LogP contribution is 2.26. The number of nitrogens with zero attached hydrogens (tertiary/aromatic N) is 4. The second-order valence-corrected chi connectivity index (χ2v) is 7.65. The summed E-state index contributed by atoms with van der Waals surface area (Å²) in [5.74, 6) is 4.53. The van der Waals surface area contributed by atoms with Gasteiger partial charge in [-0.25, -0.2) is 9.97 Å². The highest BCUT2D eigenvalue weighted by molar-refractivity contribution is 7.99. The number of hydrogen-bond donors (Lipinski definition) is 1. The van der Waals surface area contributed by atoms with Crippen molar-refractivity contribution < 1.29 is 0 Å². The van der Waals surface area contributed by atoms with E-state index in [1.54, 1.807) is 12.4 Å². The number of rotatable bonds is 4. The largest absolute Gasteiger partial charge is 0.364 e. The van der Waals surface area contributed by atoms with Crippen molar-refractivity contribution in [3.05, 3.63) is 12.4 Å². The highest BCUT2D eigenvalue weighted by Gasteiger charge is 2.26. The van der Waals surface area contributed by atoms with Crippen molar-refractivity contribution in [1.82, 2.24) is 14.9 Å². The lowest BCUT2D eigenvalue weighted by Crippen LogP contribution is -2.46. The monoisotopic (exact) mass is 321 g/mol. The van der Waals surface area contributed by atoms with E-state index in [0.29, 0.717) is 6.04 Å². The van der Waals surface area contributed by atoms with Crippen LogP contribution in [-0.4, -0.2) is 65.6 Å². The van der Waals surface area contributed by atoms with Gasteiger partial charge in [0.15, 0.2) is 11.6 Å². The van der Waals surface area contributed by atoms with Gasteiger partial charge in [-0.2, -0.15) is 11.8 Å². The van der Waals surface area contributed by atoms with E-state index in [1.807, 2.05) is 19.0 Å². The quantitative estimate of drug-likeness (QED) is 0.918. The Balaban J connectivity index is 1.54. The molecule has 1 aromatic rings. The zero-order valence-corrected chi connectivity index (χ0v) is 14.5. The van der Waals surface area contributed by atoms with Crippen molar-refractivity contribution in [2.24, 2.45) is 0 Å². The van der Waals surface area contributed by atoms with E-state index < -0.39 is 0 Å². The third-order valence-corrected chi connectivity index (χ3v) is 5.73. The molecule has 122 valence electrons. The molecular formula is C16H27N5S. The fourth-order valence-electron chi connectivity index (χ4n) is 3.41. The number of nitrogens with one attached hydrogen (secondary N) is 1. The molecule has 5 nitrogen and oxygen atoms in total. The Morgan fingerprint density at radius 3 is 2.45 bits per heavy atom. The molecule has 3 rings (SSSR count). The summed E-state index contributed by atoms with van der Waals surface area (Å²) in [5, 5.41) is 3.61. The van der Waals surface area contributed by atoms with Crippen LogP contribution in [0.4, 0.5) is 11.6 Å². The zero-order chi connectivity index (χ0) is 15.4. The fraction of sp³-hybridized carbons (Fsp3) is 0.750. The Morgan fingerprint density at radius 1 is 1.09 bits per heavy atom. The van der Waals surface area contributed by atoms with Crippen LogP contribution in [0.5, 0.6) is 0 Å². The highest BCUT2D eigenvalue weighted by atomic mass is 32.2. The Morgan fingerprint density at radius 2 is 1.77 bits per heavy atom. The molecule has 0 aliphatic carbocycles. The van der Waals surface area contributed by atoms with Crippen molar-refractivity contribution in [1.29, 1.82) is 0 Å². The molecule has 22 heavy (non-hydrogen) atoms. The van der Waals surface area contributed by atoms with Crippen LogP contribution in [0.2, 0.25) is 0 Å². The van der Waals surface area contributed by atoms with Gasteiger partial charge in [-0.3, -0.25) is 0 Å². The maximum atomic E-state index is 4.47. The predicted molar refractivity (Wildman–Crippen MR) is 94.9 cm³/mol. The van der Waals surface area contributed by atoms with E-state index in [1.165, 1.54) is 50.3 Å². The van der Waals surface area contributed by atoms with Gasteiger partial charge >= 0.3 is 0 Å². The summed E-state index contributed by atoms with van der Waals surface area (Å²) in [4.78, 5) is 13.6. The Bertz CT molecular complexity index is 467. The van der Waals surface area contributed by atoms with Crippen molar-refractivity contribution in [2.45, 2.75) is 37.8 Å². The number of thioether (sulfide) groups is 1. The van der Waals surface area contributed by atoms with Crippen LogP contribution < -0.4 is 10.2 Å². The Hall–Kier alpha value is -1.01. The summed E-state index contributed by atoms with van der Waals surface area (Å²) >= 11 is 2.11. The summed E-state index contributed by atoms with van der Waals surface area (Å²) < 4.78 is 0. The summed E-state index contributed by atoms with van der Waals surface area (Å²) in [5.41, 5.74) is 0. The van der Waals surface area contributed by atoms with E-state index >= 15 is 0 Å². The molecule has 0 spiro atoms. The number of hydrogen-bond acceptors (Lipinski definition) is 6. The summed E-state index contributed by atoms with van der Waals surface area (Å²) in [6, 6.07) is 1.35. The molecule has 1 aromatic heterocycles. The van der Waals surface area contributed by atoms with Gasteiger partial charge in [-0.05, 0) is 37.2 Å². The molecule has 1 N–H and O–H groups in total. The first-order valence-electron chi connectivity index (χ1n) is 8.30. The number of piperidine rings is 1. The first-order chi connectivity index (χ1) is 10.7. The van der Waals surface area contributed by atoms with Gasteiger partial charge in [0, 0.05) is 51.7 Å². The van der Waals surface area contributed by atoms with Crippen LogP contribution in [-0.2, 0) is 0 Å². The second-order valence-electron chi connectivity index (χ2n) is 6.42. The first-order valence-corrected chi connectivity index (χ1v) is 9.46. The number of likely N-dealkylation sites (tertiary alicyclic amines) is 1. The first kappa shape index (κ1) is 15.9. The topological polar surface area (TPSA) is 44.3 Å². The summed E-state index contributed by atoms with van der Waals surface area (Å²) in [6.45, 7) is 2.43. The van der Waals surface area contributed by atoms with E-state index in [-0.39, 0.29) is 0 Å². The average molecular weight is 321 g/mol. The molecule has 0 amide bonds. The van der Waals surface area contributed by atoms with E-state index in [0.717, 1.165) is 17.7 Å². The SMILES string of the molecule is CN(C)c1nccnc1NC1CCN(C2CCSCC2)CC1. The van der Waals surface area contributed by atoms with Crippen LogP contribution >= 0.6 is 11.8 Å². The Kier molecular flexibility index (Phi) is 5.41. The molecule has 6 heteroatoms. The molecule has 0 bridgehead atoms. The van der Waals surface area contributed by atoms with Crippen LogP contribution in [0, 0.1) is 0 Å². The molecular weight excluding hydrogens is 294 g/mol. The lowest BCUT2D eigenvalue weighted by atomic mass is 10.0. The van der Waals surface area contributed by atoms with Gasteiger partial charge in [-0.15, -0.1) is 0 Å². The van der Waals surface area contributed by atoms with Crippen molar-refractivity contribution >= 4 is 23.4 Å². The molecule has 0 unspecified atom stereocenters. The van der Waals surface area contributed by atoms with Crippen LogP contribution in [0.3, 0.4) is 0 Å². The molecule has 2 fully saturated rings. The van der Waals surface area contributed by atoms with Gasteiger partial charge in [0.25, 0.3) is 0 Å². The Labute approximate surface area is 137 Å². The molecule has 0 radical (unpaired) electrons. The fourth-order valence-corrected chi connectivity index (χ4v) is 4.49. The third-order valence-electron chi connectivity index (χ3n) is 4.68. The van der Waals surface area contributed by atoms with E-state index in [9.17, 15) is 0 Å². The van der Waals surface area contributed by atoms with Gasteiger partial charge in [-0.1, -0.05) is 0 Å². The maximum Gasteiger partial charge on any atom is 0.171 e. The molecule has 0 saturated carbocycles. The third kappa shape index (κ3) is 3.84. The normalized spacial score (nSPS) is 21.7. The van der Waals surface area contributed by atoms with Gasteiger partial charge in [0.2, 0.25) is 0 Å². The van der Waals surface area contributed by atoms with Gasteiger partial charge in [0.1, 0.15) is 0 Å². The summed E-state index contributed by atoms with van der Waals surface area (Å²) in [7, 11) is 4.03. The molecule has 3 heterocycles. The van der Waals surface area contributed by atoms with Crippen LogP contribution in [0.1, 0.15) is 25.7 Å². The molecule has 2 aliphatic rings. The van der Waals surface area contributed by atoms with E-state index in [4.69, 9.17) is 0 Å². The minimum Gasteiger partial charge on any atom is -0.364 e. The molecule has 0 atom stereocenters. The number of aromatic nitrogens is 2. The zero-order valence-electron chi connectivity index (χ0n) is 13.7. The van der Waals surface area contributed by atoms with Crippen LogP contribution in [0.25, 0.3) is 0 Å². The lowest BCUT2D eigenvalue weighted by Gasteiger charge is -2.39. The predicted octanol–water partition coefficient (Wildman–Crippen LogP) is 2.31. The standard InChI is InChI=1S/C16H27N5S/c1-20(2)16-15(17-7-8-18-16)19-13-3-9-21(10-4-13)14-5-11-22-12-6-14/h7-8,13-14H,3-6,9-12H2,1-2H3,(H,17,19). The van der Waals surface area contributed by atoms with Gasteiger partial charge in [0.05, 0.1) is 0 Å². The van der Waals surface area contributed by atoms with Crippen molar-refractivity contribution in [3.8, 4) is 0 Å². The van der Waals surface area contributed by atoms with Crippen molar-refractivity contribution in [3.63, 3.8) is 0 Å². The molecule has 2 saturated heterocycles. The average Bonchev–Trinajstić information content (AvgIpc) is 2.57. The number of anilines is 2. The minimum atomic E-state index is 0.518. The molecule has 0 aromatic carbocycles. The smallest absolute Gasteiger partial charge is 0.171 e. The van der Waals surface area contributed by atoms with Gasteiger partial charge < -0.3 is 15.1 Å².